The number of benzene rings is 2. The number of nitrogens with one attached hydrogen (secondary N) is 1. The Morgan fingerprint density at radius 1 is 0.880 bits per heavy atom. The molecule has 0 saturated carbocycles. The van der Waals surface area contributed by atoms with Crippen LogP contribution in [0, 0.1) is 20.2 Å². The summed E-state index contributed by atoms with van der Waals surface area (Å²) in [5, 5.41) is 26.8. The minimum absolute atomic E-state index is 0. The summed E-state index contributed by atoms with van der Waals surface area (Å²) in [5.74, 6) is 0. The molecule has 0 atom stereocenters. The number of thiazole rings is 1. The van der Waals surface area contributed by atoms with Crippen molar-refractivity contribution in [3.63, 3.8) is 0 Å². The van der Waals surface area contributed by atoms with Crippen LogP contribution in [0.4, 0.5) is 22.2 Å². The third-order valence-electron chi connectivity index (χ3n) is 3.21. The summed E-state index contributed by atoms with van der Waals surface area (Å²) < 4.78 is 0. The Labute approximate surface area is 156 Å². The number of halogens is 1. The van der Waals surface area contributed by atoms with Crippen molar-refractivity contribution in [1.82, 2.24) is 4.98 Å². The minimum Gasteiger partial charge on any atom is -0.332 e. The predicted molar refractivity (Wildman–Crippen MR) is 101 cm³/mol. The smallest absolute Gasteiger partial charge is 0.269 e. The molecule has 1 aromatic heterocycles. The van der Waals surface area contributed by atoms with Crippen molar-refractivity contribution in [2.45, 2.75) is 0 Å². The Morgan fingerprint density at radius 2 is 1.40 bits per heavy atom. The van der Waals surface area contributed by atoms with Crippen molar-refractivity contribution in [3.8, 4) is 11.3 Å². The topological polar surface area (TPSA) is 111 Å². The lowest BCUT2D eigenvalue weighted by Gasteiger charge is -2.01. The van der Waals surface area contributed by atoms with Crippen molar-refractivity contribution in [2.75, 3.05) is 5.32 Å². The number of nitrogens with zero attached hydrogens (tertiary/aromatic N) is 3. The molecule has 128 valence electrons. The maximum Gasteiger partial charge on any atom is 0.269 e. The summed E-state index contributed by atoms with van der Waals surface area (Å²) in [5.41, 5.74) is 2.20. The Morgan fingerprint density at radius 3 is 1.92 bits per heavy atom. The van der Waals surface area contributed by atoms with Crippen molar-refractivity contribution in [2.24, 2.45) is 0 Å². The lowest BCUT2D eigenvalue weighted by atomic mass is 10.1. The van der Waals surface area contributed by atoms with Crippen molar-refractivity contribution in [3.05, 3.63) is 74.1 Å². The molecule has 0 bridgehead atoms. The molecule has 0 aliphatic carbocycles. The predicted octanol–water partition coefficient (Wildman–Crippen LogP) is 4.95. The highest BCUT2D eigenvalue weighted by Gasteiger charge is 2.09. The van der Waals surface area contributed by atoms with Gasteiger partial charge in [-0.15, -0.1) is 28.3 Å². The van der Waals surface area contributed by atoms with Gasteiger partial charge in [0, 0.05) is 40.9 Å². The van der Waals surface area contributed by atoms with Crippen molar-refractivity contribution in [1.29, 1.82) is 0 Å². The maximum absolute atomic E-state index is 10.7. The number of rotatable bonds is 5. The summed E-state index contributed by atoms with van der Waals surface area (Å²) in [6.45, 7) is 0. The summed E-state index contributed by atoms with van der Waals surface area (Å²) in [6, 6.07) is 12.2. The fourth-order valence-electron chi connectivity index (χ4n) is 2.01. The molecule has 0 aliphatic rings. The molecule has 0 aliphatic heterocycles. The molecule has 0 fully saturated rings. The molecule has 0 spiro atoms. The number of non-ortho nitro benzene ring substituents is 2. The van der Waals surface area contributed by atoms with Gasteiger partial charge in [-0.3, -0.25) is 20.2 Å². The molecule has 25 heavy (non-hydrogen) atoms. The van der Waals surface area contributed by atoms with E-state index in [1.807, 2.05) is 5.38 Å². The number of hydrogen-bond acceptors (Lipinski definition) is 7. The Bertz CT molecular complexity index is 897. The number of nitro groups is 2. The monoisotopic (exact) mass is 422 g/mol. The molecule has 0 unspecified atom stereocenters. The van der Waals surface area contributed by atoms with Crippen LogP contribution in [-0.2, 0) is 0 Å². The van der Waals surface area contributed by atoms with E-state index >= 15 is 0 Å². The highest BCUT2D eigenvalue weighted by atomic mass is 79.9. The zero-order valence-electron chi connectivity index (χ0n) is 12.5. The molecule has 10 heteroatoms. The molecular formula is C15H11BrN4O4S. The summed E-state index contributed by atoms with van der Waals surface area (Å²) in [4.78, 5) is 24.8. The van der Waals surface area contributed by atoms with Crippen LogP contribution >= 0.6 is 28.3 Å². The highest BCUT2D eigenvalue weighted by Crippen LogP contribution is 2.28. The van der Waals surface area contributed by atoms with E-state index in [1.165, 1.54) is 35.6 Å². The third-order valence-corrected chi connectivity index (χ3v) is 3.97. The fraction of sp³-hybridized carbons (Fsp3) is 0. The molecule has 0 saturated heterocycles. The van der Waals surface area contributed by atoms with Gasteiger partial charge < -0.3 is 5.32 Å². The number of aromatic nitrogens is 1. The largest absolute Gasteiger partial charge is 0.332 e. The summed E-state index contributed by atoms with van der Waals surface area (Å²) in [6.07, 6.45) is 0. The lowest BCUT2D eigenvalue weighted by Crippen LogP contribution is -1.91. The van der Waals surface area contributed by atoms with Gasteiger partial charge in [0.25, 0.3) is 11.4 Å². The van der Waals surface area contributed by atoms with Crippen molar-refractivity contribution >= 4 is 50.5 Å². The van der Waals surface area contributed by atoms with Gasteiger partial charge in [-0.05, 0) is 24.3 Å². The van der Waals surface area contributed by atoms with E-state index in [9.17, 15) is 20.2 Å². The van der Waals surface area contributed by atoms with Crippen LogP contribution < -0.4 is 5.32 Å². The molecule has 0 amide bonds. The molecule has 1 heterocycles. The normalized spacial score (nSPS) is 9.92. The zero-order valence-corrected chi connectivity index (χ0v) is 15.0. The van der Waals surface area contributed by atoms with Gasteiger partial charge in [-0.2, -0.15) is 0 Å². The Balaban J connectivity index is 0.00000225. The van der Waals surface area contributed by atoms with Crippen LogP contribution in [0.2, 0.25) is 0 Å². The second-order valence-corrected chi connectivity index (χ2v) is 5.63. The summed E-state index contributed by atoms with van der Waals surface area (Å²) in [7, 11) is 0. The van der Waals surface area contributed by atoms with E-state index in [1.54, 1.807) is 24.3 Å². The standard InChI is InChI=1S/C15H10N4O4S.BrH/c20-18(21)12-5-1-10(2-6-12)14-9-24-15(17-14)16-11-3-7-13(8-4-11)19(22)23;/h1-9H,(H,16,17);1H. The molecule has 3 rings (SSSR count). The van der Waals surface area contributed by atoms with Gasteiger partial charge in [-0.1, -0.05) is 0 Å². The van der Waals surface area contributed by atoms with Gasteiger partial charge in [0.2, 0.25) is 0 Å². The van der Waals surface area contributed by atoms with Gasteiger partial charge in [0.1, 0.15) is 0 Å². The highest BCUT2D eigenvalue weighted by molar-refractivity contribution is 8.93. The van der Waals surface area contributed by atoms with Gasteiger partial charge in [-0.25, -0.2) is 4.98 Å². The first-order chi connectivity index (χ1) is 11.5. The lowest BCUT2D eigenvalue weighted by molar-refractivity contribution is -0.385. The number of nitro benzene ring substituents is 2. The van der Waals surface area contributed by atoms with Crippen LogP contribution in [-0.4, -0.2) is 14.8 Å². The molecule has 8 nitrogen and oxygen atoms in total. The van der Waals surface area contributed by atoms with E-state index in [4.69, 9.17) is 0 Å². The van der Waals surface area contributed by atoms with Gasteiger partial charge in [0.15, 0.2) is 5.13 Å². The first-order valence-corrected chi connectivity index (χ1v) is 7.63. The van der Waals surface area contributed by atoms with E-state index in [0.29, 0.717) is 16.5 Å². The van der Waals surface area contributed by atoms with Crippen molar-refractivity contribution < 1.29 is 9.85 Å². The Hall–Kier alpha value is -2.85. The molecular weight excluding hydrogens is 412 g/mol. The first-order valence-electron chi connectivity index (χ1n) is 6.75. The second kappa shape index (κ2) is 7.81. The zero-order chi connectivity index (χ0) is 17.1. The number of hydrogen-bond donors (Lipinski definition) is 1. The first kappa shape index (κ1) is 18.5. The molecule has 2 aromatic carbocycles. The molecule has 3 aromatic rings. The average molecular weight is 423 g/mol. The van der Waals surface area contributed by atoms with Gasteiger partial charge >= 0.3 is 0 Å². The molecule has 1 N–H and O–H groups in total. The Kier molecular flexibility index (Phi) is 5.78. The van der Waals surface area contributed by atoms with Crippen LogP contribution in [0.3, 0.4) is 0 Å². The van der Waals surface area contributed by atoms with E-state index < -0.39 is 9.85 Å². The maximum atomic E-state index is 10.7. The third kappa shape index (κ3) is 4.37. The van der Waals surface area contributed by atoms with Gasteiger partial charge in [0.05, 0.1) is 15.5 Å². The average Bonchev–Trinajstić information content (AvgIpc) is 3.04. The van der Waals surface area contributed by atoms with Crippen LogP contribution in [0.5, 0.6) is 0 Å². The van der Waals surface area contributed by atoms with Crippen LogP contribution in [0.15, 0.2) is 53.9 Å². The molecule has 0 radical (unpaired) electrons. The van der Waals surface area contributed by atoms with E-state index in [2.05, 4.69) is 10.3 Å². The summed E-state index contributed by atoms with van der Waals surface area (Å²) >= 11 is 1.37. The fourth-order valence-corrected chi connectivity index (χ4v) is 2.75. The quantitative estimate of drug-likeness (QED) is 0.459. The SMILES string of the molecule is Br.O=[N+]([O-])c1ccc(Nc2nc(-c3ccc([N+](=O)[O-])cc3)cs2)cc1. The van der Waals surface area contributed by atoms with E-state index in [0.717, 1.165) is 5.56 Å². The minimum atomic E-state index is -0.458. The second-order valence-electron chi connectivity index (χ2n) is 4.77. The van der Waals surface area contributed by atoms with Crippen LogP contribution in [0.25, 0.3) is 11.3 Å². The van der Waals surface area contributed by atoms with E-state index in [-0.39, 0.29) is 28.4 Å². The van der Waals surface area contributed by atoms with Crippen LogP contribution in [0.1, 0.15) is 0 Å². The number of anilines is 2.